The van der Waals surface area contributed by atoms with Crippen LogP contribution < -0.4 is 0 Å². The molecule has 0 radical (unpaired) electrons. The number of amides is 2. The average Bonchev–Trinajstić information content (AvgIpc) is 2.44. The quantitative estimate of drug-likeness (QED) is 0.501. The Morgan fingerprint density at radius 1 is 1.05 bits per heavy atom. The highest BCUT2D eigenvalue weighted by atomic mass is 32.1. The van der Waals surface area contributed by atoms with Crippen molar-refractivity contribution in [3.63, 3.8) is 0 Å². The molecule has 0 unspecified atom stereocenters. The molecule has 0 aromatic carbocycles. The maximum absolute atomic E-state index is 11.9. The topological polar surface area (TPSA) is 93.1 Å². The highest BCUT2D eigenvalue weighted by molar-refractivity contribution is 7.80. The number of nitrogens with zero attached hydrogens (tertiary/aromatic N) is 1. The number of carboxylic acids is 1. The van der Waals surface area contributed by atoms with E-state index in [1.807, 2.05) is 13.8 Å². The number of unbranched alkanes of at least 4 members (excludes halogenated alkanes) is 2. The second-order valence-corrected chi connectivity index (χ2v) is 4.71. The van der Waals surface area contributed by atoms with E-state index in [0.717, 1.165) is 12.8 Å². The maximum atomic E-state index is 11.9. The largest absolute Gasteiger partial charge is 0.480 e. The van der Waals surface area contributed by atoms with Gasteiger partial charge in [0, 0.05) is 5.75 Å². The average molecular weight is 321 g/mol. The van der Waals surface area contributed by atoms with Crippen molar-refractivity contribution >= 4 is 30.8 Å². The Bertz CT molecular complexity index is 328. The molecule has 122 valence electrons. The second-order valence-electron chi connectivity index (χ2n) is 4.34. The van der Waals surface area contributed by atoms with Gasteiger partial charge in [-0.25, -0.2) is 14.4 Å². The van der Waals surface area contributed by atoms with Crippen molar-refractivity contribution in [2.45, 2.75) is 45.6 Å². The van der Waals surface area contributed by atoms with Crippen LogP contribution in [0.15, 0.2) is 0 Å². The Morgan fingerprint density at radius 3 is 1.76 bits per heavy atom. The van der Waals surface area contributed by atoms with Crippen LogP contribution in [-0.4, -0.2) is 53.2 Å². The first-order valence-corrected chi connectivity index (χ1v) is 7.59. The second kappa shape index (κ2) is 11.2. The lowest BCUT2D eigenvalue weighted by molar-refractivity contribution is -0.141. The van der Waals surface area contributed by atoms with Crippen LogP contribution in [-0.2, 0) is 14.3 Å². The Hall–Kier alpha value is -1.44. The highest BCUT2D eigenvalue weighted by Gasteiger charge is 2.36. The van der Waals surface area contributed by atoms with E-state index in [1.165, 1.54) is 0 Å². The fraction of sp³-hybridized carbons (Fsp3) is 0.769. The summed E-state index contributed by atoms with van der Waals surface area (Å²) in [6, 6.07) is -1.42. The number of ether oxygens (including phenoxy) is 2. The Labute approximate surface area is 130 Å². The van der Waals surface area contributed by atoms with Crippen LogP contribution in [0.3, 0.4) is 0 Å². The van der Waals surface area contributed by atoms with Crippen LogP contribution in [0.1, 0.15) is 39.5 Å². The molecule has 0 saturated heterocycles. The molecule has 0 heterocycles. The number of carbonyl (C=O) groups is 3. The summed E-state index contributed by atoms with van der Waals surface area (Å²) in [6.07, 6.45) is 0.830. The van der Waals surface area contributed by atoms with E-state index >= 15 is 0 Å². The number of hydrogen-bond acceptors (Lipinski definition) is 6. The molecule has 0 aliphatic carbocycles. The summed E-state index contributed by atoms with van der Waals surface area (Å²) in [4.78, 5) is 35.4. The number of carboxylic acid groups (broad SMARTS) is 1. The van der Waals surface area contributed by atoms with E-state index in [-0.39, 0.29) is 19.0 Å². The van der Waals surface area contributed by atoms with E-state index in [9.17, 15) is 14.4 Å². The summed E-state index contributed by atoms with van der Waals surface area (Å²) >= 11 is 3.86. The van der Waals surface area contributed by atoms with Crippen LogP contribution in [0, 0.1) is 0 Å². The van der Waals surface area contributed by atoms with Crippen molar-refractivity contribution in [2.24, 2.45) is 0 Å². The third-order valence-corrected chi connectivity index (χ3v) is 2.96. The fourth-order valence-electron chi connectivity index (χ4n) is 1.35. The van der Waals surface area contributed by atoms with Crippen molar-refractivity contribution in [2.75, 3.05) is 19.0 Å². The lowest BCUT2D eigenvalue weighted by atomic mass is 10.3. The van der Waals surface area contributed by atoms with Gasteiger partial charge in [-0.3, -0.25) is 0 Å². The van der Waals surface area contributed by atoms with Gasteiger partial charge in [0.2, 0.25) is 0 Å². The van der Waals surface area contributed by atoms with Gasteiger partial charge in [-0.1, -0.05) is 26.7 Å². The van der Waals surface area contributed by atoms with Gasteiger partial charge in [0.25, 0.3) is 0 Å². The molecule has 0 aliphatic rings. The first kappa shape index (κ1) is 19.6. The first-order chi connectivity index (χ1) is 9.99. The molecular weight excluding hydrogens is 298 g/mol. The number of rotatable bonds is 9. The van der Waals surface area contributed by atoms with E-state index in [2.05, 4.69) is 12.6 Å². The summed E-state index contributed by atoms with van der Waals surface area (Å²) < 4.78 is 9.79. The van der Waals surface area contributed by atoms with Crippen LogP contribution in [0.5, 0.6) is 0 Å². The van der Waals surface area contributed by atoms with Gasteiger partial charge < -0.3 is 14.6 Å². The first-order valence-electron chi connectivity index (χ1n) is 6.95. The molecule has 0 aliphatic heterocycles. The highest BCUT2D eigenvalue weighted by Crippen LogP contribution is 2.09. The predicted molar refractivity (Wildman–Crippen MR) is 79.6 cm³/mol. The van der Waals surface area contributed by atoms with Gasteiger partial charge in [0.05, 0.1) is 13.2 Å². The summed E-state index contributed by atoms with van der Waals surface area (Å²) in [6.45, 7) is 4.07. The normalized spacial score (nSPS) is 11.6. The molecular formula is C13H23NO6S. The van der Waals surface area contributed by atoms with Crippen LogP contribution in [0.25, 0.3) is 0 Å². The smallest absolute Gasteiger partial charge is 0.420 e. The zero-order valence-corrected chi connectivity index (χ0v) is 13.3. The number of aliphatic carboxylic acids is 1. The summed E-state index contributed by atoms with van der Waals surface area (Å²) in [5, 5.41) is 9.08. The standard InChI is InChI=1S/C13H23NO6S/c1-3-5-7-19-12(17)14(10(9-21)11(15)16)13(18)20-8-6-4-2/h10,21H,3-9H2,1-2H3,(H,15,16)/t10-/m0/s1. The van der Waals surface area contributed by atoms with Crippen LogP contribution in [0.2, 0.25) is 0 Å². The minimum Gasteiger partial charge on any atom is -0.480 e. The van der Waals surface area contributed by atoms with Gasteiger partial charge in [0.1, 0.15) is 0 Å². The predicted octanol–water partition coefficient (Wildman–Crippen LogP) is 2.54. The van der Waals surface area contributed by atoms with E-state index < -0.39 is 24.2 Å². The maximum Gasteiger partial charge on any atom is 0.420 e. The van der Waals surface area contributed by atoms with E-state index in [0.29, 0.717) is 17.7 Å². The Morgan fingerprint density at radius 2 is 1.48 bits per heavy atom. The minimum atomic E-state index is -1.42. The molecule has 0 saturated carbocycles. The van der Waals surface area contributed by atoms with Gasteiger partial charge in [0.15, 0.2) is 6.04 Å². The zero-order chi connectivity index (χ0) is 16.3. The number of imide groups is 1. The molecule has 21 heavy (non-hydrogen) atoms. The third-order valence-electron chi connectivity index (χ3n) is 2.61. The van der Waals surface area contributed by atoms with Crippen LogP contribution >= 0.6 is 12.6 Å². The third kappa shape index (κ3) is 7.22. The van der Waals surface area contributed by atoms with Crippen molar-refractivity contribution in [1.29, 1.82) is 0 Å². The minimum absolute atomic E-state index is 0.118. The molecule has 1 N–H and O–H groups in total. The van der Waals surface area contributed by atoms with Crippen molar-refractivity contribution in [3.8, 4) is 0 Å². The molecule has 1 atom stereocenters. The number of hydrogen-bond donors (Lipinski definition) is 2. The van der Waals surface area contributed by atoms with Gasteiger partial charge in [-0.2, -0.15) is 17.5 Å². The lowest BCUT2D eigenvalue weighted by Crippen LogP contribution is -2.50. The van der Waals surface area contributed by atoms with Crippen molar-refractivity contribution < 1.29 is 29.0 Å². The lowest BCUT2D eigenvalue weighted by Gasteiger charge is -2.24. The number of carbonyl (C=O) groups excluding carboxylic acids is 2. The molecule has 8 heteroatoms. The Kier molecular flexibility index (Phi) is 10.5. The fourth-order valence-corrected chi connectivity index (χ4v) is 1.67. The van der Waals surface area contributed by atoms with Crippen molar-refractivity contribution in [3.05, 3.63) is 0 Å². The SMILES string of the molecule is CCCCOC(=O)N(C(=O)OCCCC)[C@@H](CS)C(=O)O. The monoisotopic (exact) mass is 321 g/mol. The summed E-state index contributed by atoms with van der Waals surface area (Å²) in [5.74, 6) is -1.56. The van der Waals surface area contributed by atoms with Gasteiger partial charge in [-0.05, 0) is 12.8 Å². The summed E-state index contributed by atoms with van der Waals surface area (Å²) in [5.41, 5.74) is 0. The summed E-state index contributed by atoms with van der Waals surface area (Å²) in [7, 11) is 0. The molecule has 2 amide bonds. The molecule has 0 fully saturated rings. The molecule has 0 spiro atoms. The van der Waals surface area contributed by atoms with Crippen molar-refractivity contribution in [1.82, 2.24) is 4.90 Å². The number of thiol groups is 1. The van der Waals surface area contributed by atoms with Crippen LogP contribution in [0.4, 0.5) is 9.59 Å². The Balaban J connectivity index is 4.85. The molecule has 0 aromatic heterocycles. The zero-order valence-electron chi connectivity index (χ0n) is 12.4. The molecule has 0 aromatic rings. The van der Waals surface area contributed by atoms with Gasteiger partial charge in [-0.15, -0.1) is 0 Å². The molecule has 0 bridgehead atoms. The van der Waals surface area contributed by atoms with E-state index in [4.69, 9.17) is 14.6 Å². The van der Waals surface area contributed by atoms with Gasteiger partial charge >= 0.3 is 18.2 Å². The molecule has 0 rings (SSSR count). The molecule has 7 nitrogen and oxygen atoms in total. The van der Waals surface area contributed by atoms with E-state index in [1.54, 1.807) is 0 Å².